The molecule has 18 heavy (non-hydrogen) atoms. The highest BCUT2D eigenvalue weighted by Gasteiger charge is 2.23. The van der Waals surface area contributed by atoms with Crippen LogP contribution < -0.4 is 10.6 Å². The number of hydrogen-bond donors (Lipinski definition) is 2. The molecule has 2 heterocycles. The number of amides is 1. The summed E-state index contributed by atoms with van der Waals surface area (Å²) in [6.07, 6.45) is 5.54. The van der Waals surface area contributed by atoms with Crippen LogP contribution in [0.4, 0.5) is 0 Å². The summed E-state index contributed by atoms with van der Waals surface area (Å²) in [5.74, 6) is -0.0269. The average Bonchev–Trinajstić information content (AvgIpc) is 2.78. The number of nitrogens with one attached hydrogen (secondary N) is 2. The van der Waals surface area contributed by atoms with Crippen molar-refractivity contribution in [1.29, 1.82) is 0 Å². The zero-order valence-electron chi connectivity index (χ0n) is 10.8. The molecule has 6 heteroatoms. The SMILES string of the molecule is CNC(C(=O)NC1CCCOC1)c1cnn(C)c1. The lowest BCUT2D eigenvalue weighted by Crippen LogP contribution is -2.45. The summed E-state index contributed by atoms with van der Waals surface area (Å²) in [5.41, 5.74) is 0.870. The van der Waals surface area contributed by atoms with Gasteiger partial charge in [-0.3, -0.25) is 9.48 Å². The number of carbonyl (C=O) groups excluding carboxylic acids is 1. The molecular weight excluding hydrogens is 232 g/mol. The summed E-state index contributed by atoms with van der Waals surface area (Å²) in [6, 6.07) is -0.237. The Labute approximate surface area is 107 Å². The van der Waals surface area contributed by atoms with Gasteiger partial charge < -0.3 is 15.4 Å². The van der Waals surface area contributed by atoms with Crippen LogP contribution in [0.1, 0.15) is 24.4 Å². The van der Waals surface area contributed by atoms with Crippen LogP contribution in [-0.2, 0) is 16.6 Å². The number of rotatable bonds is 4. The van der Waals surface area contributed by atoms with Gasteiger partial charge in [0.25, 0.3) is 0 Å². The third kappa shape index (κ3) is 3.08. The minimum absolute atomic E-state index is 0.0269. The fraction of sp³-hybridized carbons (Fsp3) is 0.667. The fourth-order valence-corrected chi connectivity index (χ4v) is 2.18. The highest BCUT2D eigenvalue weighted by molar-refractivity contribution is 5.83. The molecule has 1 aromatic rings. The van der Waals surface area contributed by atoms with Crippen molar-refractivity contribution in [3.8, 4) is 0 Å². The van der Waals surface area contributed by atoms with Gasteiger partial charge in [0.15, 0.2) is 0 Å². The molecule has 1 aliphatic heterocycles. The van der Waals surface area contributed by atoms with E-state index in [1.165, 1.54) is 0 Å². The zero-order valence-corrected chi connectivity index (χ0v) is 10.8. The minimum Gasteiger partial charge on any atom is -0.379 e. The van der Waals surface area contributed by atoms with Crippen LogP contribution in [0, 0.1) is 0 Å². The van der Waals surface area contributed by atoms with E-state index in [1.54, 1.807) is 17.9 Å². The third-order valence-corrected chi connectivity index (χ3v) is 3.12. The Morgan fingerprint density at radius 1 is 1.67 bits per heavy atom. The summed E-state index contributed by atoms with van der Waals surface area (Å²) in [4.78, 5) is 12.2. The van der Waals surface area contributed by atoms with E-state index < -0.39 is 0 Å². The highest BCUT2D eigenvalue weighted by Crippen LogP contribution is 2.13. The van der Waals surface area contributed by atoms with Gasteiger partial charge in [0.2, 0.25) is 5.91 Å². The van der Waals surface area contributed by atoms with Crippen molar-refractivity contribution in [3.63, 3.8) is 0 Å². The number of carbonyl (C=O) groups is 1. The maximum absolute atomic E-state index is 12.2. The van der Waals surface area contributed by atoms with Crippen molar-refractivity contribution < 1.29 is 9.53 Å². The van der Waals surface area contributed by atoms with Gasteiger partial charge in [-0.25, -0.2) is 0 Å². The molecule has 6 nitrogen and oxygen atoms in total. The molecule has 1 saturated heterocycles. The van der Waals surface area contributed by atoms with E-state index in [0.717, 1.165) is 25.0 Å². The molecule has 1 amide bonds. The molecule has 1 aromatic heterocycles. The van der Waals surface area contributed by atoms with Gasteiger partial charge in [0, 0.05) is 25.4 Å². The Morgan fingerprint density at radius 2 is 2.50 bits per heavy atom. The third-order valence-electron chi connectivity index (χ3n) is 3.12. The molecule has 1 aliphatic rings. The molecule has 0 aliphatic carbocycles. The molecule has 2 N–H and O–H groups in total. The fourth-order valence-electron chi connectivity index (χ4n) is 2.18. The number of nitrogens with zero attached hydrogens (tertiary/aromatic N) is 2. The number of likely N-dealkylation sites (N-methyl/N-ethyl adjacent to an activating group) is 1. The van der Waals surface area contributed by atoms with Crippen LogP contribution in [0.2, 0.25) is 0 Å². The molecule has 2 atom stereocenters. The molecule has 2 unspecified atom stereocenters. The predicted molar refractivity (Wildman–Crippen MR) is 67.0 cm³/mol. The van der Waals surface area contributed by atoms with E-state index in [2.05, 4.69) is 15.7 Å². The van der Waals surface area contributed by atoms with Gasteiger partial charge in [0.05, 0.1) is 18.8 Å². The van der Waals surface area contributed by atoms with Crippen molar-refractivity contribution >= 4 is 5.91 Å². The van der Waals surface area contributed by atoms with E-state index >= 15 is 0 Å². The predicted octanol–water partition coefficient (Wildman–Crippen LogP) is -0.0242. The van der Waals surface area contributed by atoms with Crippen molar-refractivity contribution in [3.05, 3.63) is 18.0 Å². The van der Waals surface area contributed by atoms with Crippen LogP contribution in [-0.4, -0.2) is 42.0 Å². The second-order valence-corrected chi connectivity index (χ2v) is 4.59. The second kappa shape index (κ2) is 5.97. The molecule has 0 saturated carbocycles. The maximum Gasteiger partial charge on any atom is 0.242 e. The summed E-state index contributed by atoms with van der Waals surface area (Å²) < 4.78 is 7.05. The molecule has 0 bridgehead atoms. The summed E-state index contributed by atoms with van der Waals surface area (Å²) in [7, 11) is 3.61. The number of aryl methyl sites for hydroxylation is 1. The van der Waals surface area contributed by atoms with E-state index in [4.69, 9.17) is 4.74 Å². The maximum atomic E-state index is 12.2. The molecule has 100 valence electrons. The summed E-state index contributed by atoms with van der Waals surface area (Å²) >= 11 is 0. The van der Waals surface area contributed by atoms with Gasteiger partial charge in [-0.05, 0) is 19.9 Å². The first-order valence-corrected chi connectivity index (χ1v) is 6.24. The summed E-state index contributed by atoms with van der Waals surface area (Å²) in [6.45, 7) is 1.40. The normalized spacial score (nSPS) is 21.6. The lowest BCUT2D eigenvalue weighted by atomic mass is 10.1. The molecule has 2 rings (SSSR count). The van der Waals surface area contributed by atoms with E-state index in [9.17, 15) is 4.79 Å². The first-order valence-electron chi connectivity index (χ1n) is 6.24. The van der Waals surface area contributed by atoms with E-state index in [1.807, 2.05) is 13.2 Å². The van der Waals surface area contributed by atoms with Crippen molar-refractivity contribution in [2.75, 3.05) is 20.3 Å². The number of ether oxygens (including phenoxy) is 1. The van der Waals surface area contributed by atoms with Crippen molar-refractivity contribution in [2.45, 2.75) is 24.9 Å². The van der Waals surface area contributed by atoms with Gasteiger partial charge in [-0.15, -0.1) is 0 Å². The summed E-state index contributed by atoms with van der Waals surface area (Å²) in [5, 5.41) is 10.1. The highest BCUT2D eigenvalue weighted by atomic mass is 16.5. The molecule has 0 radical (unpaired) electrons. The van der Waals surface area contributed by atoms with Crippen LogP contribution in [0.5, 0.6) is 0 Å². The lowest BCUT2D eigenvalue weighted by molar-refractivity contribution is -0.124. The van der Waals surface area contributed by atoms with Gasteiger partial charge in [-0.1, -0.05) is 0 Å². The smallest absolute Gasteiger partial charge is 0.242 e. The van der Waals surface area contributed by atoms with Crippen molar-refractivity contribution in [1.82, 2.24) is 20.4 Å². The van der Waals surface area contributed by atoms with Crippen molar-refractivity contribution in [2.24, 2.45) is 7.05 Å². The Kier molecular flexibility index (Phi) is 4.33. The quantitative estimate of drug-likeness (QED) is 0.790. The standard InChI is InChI=1S/C12H20N4O2/c1-13-11(9-6-14-16(2)7-9)12(17)15-10-4-3-5-18-8-10/h6-7,10-11,13H,3-5,8H2,1-2H3,(H,15,17). The monoisotopic (exact) mass is 252 g/mol. The molecule has 0 aromatic carbocycles. The zero-order chi connectivity index (χ0) is 13.0. The van der Waals surface area contributed by atoms with E-state index in [0.29, 0.717) is 6.61 Å². The van der Waals surface area contributed by atoms with Crippen LogP contribution in [0.3, 0.4) is 0 Å². The van der Waals surface area contributed by atoms with Crippen LogP contribution in [0.25, 0.3) is 0 Å². The van der Waals surface area contributed by atoms with E-state index in [-0.39, 0.29) is 18.0 Å². The van der Waals surface area contributed by atoms with Crippen LogP contribution >= 0.6 is 0 Å². The molecule has 1 fully saturated rings. The van der Waals surface area contributed by atoms with Gasteiger partial charge >= 0.3 is 0 Å². The minimum atomic E-state index is -0.361. The first-order chi connectivity index (χ1) is 8.70. The average molecular weight is 252 g/mol. The molecule has 0 spiro atoms. The Morgan fingerprint density at radius 3 is 3.06 bits per heavy atom. The Hall–Kier alpha value is -1.40. The lowest BCUT2D eigenvalue weighted by Gasteiger charge is -2.25. The van der Waals surface area contributed by atoms with Gasteiger partial charge in [-0.2, -0.15) is 5.10 Å². The van der Waals surface area contributed by atoms with Gasteiger partial charge in [0.1, 0.15) is 6.04 Å². The van der Waals surface area contributed by atoms with Crippen LogP contribution in [0.15, 0.2) is 12.4 Å². The molecular formula is C12H20N4O2. The first kappa shape index (κ1) is 13.0. The largest absolute Gasteiger partial charge is 0.379 e. The Bertz CT molecular complexity index is 399. The topological polar surface area (TPSA) is 68.2 Å². The number of hydrogen-bond acceptors (Lipinski definition) is 4. The number of aromatic nitrogens is 2. The second-order valence-electron chi connectivity index (χ2n) is 4.59. The Balaban J connectivity index is 1.96.